The molecule has 0 aliphatic heterocycles. The number of methoxy groups -OCH3 is 1. The van der Waals surface area contributed by atoms with Crippen molar-refractivity contribution in [2.75, 3.05) is 13.7 Å². The molecule has 92 valence electrons. The maximum absolute atomic E-state index is 11.4. The van der Waals surface area contributed by atoms with E-state index in [4.69, 9.17) is 4.74 Å². The van der Waals surface area contributed by atoms with Crippen LogP contribution in [0.25, 0.3) is 10.8 Å². The SMILES string of the molecule is C=CCOc1ccc2cc(C(=O)OC)ccc2c1. The van der Waals surface area contributed by atoms with E-state index in [0.717, 1.165) is 16.5 Å². The van der Waals surface area contributed by atoms with Crippen LogP contribution in [0.1, 0.15) is 10.4 Å². The first-order valence-electron chi connectivity index (χ1n) is 5.60. The smallest absolute Gasteiger partial charge is 0.337 e. The highest BCUT2D eigenvalue weighted by molar-refractivity contribution is 5.95. The summed E-state index contributed by atoms with van der Waals surface area (Å²) in [7, 11) is 1.37. The molecule has 2 aromatic carbocycles. The molecule has 0 aliphatic rings. The van der Waals surface area contributed by atoms with Crippen LogP contribution in [0.5, 0.6) is 5.75 Å². The molecule has 0 atom stereocenters. The Labute approximate surface area is 106 Å². The number of esters is 1. The Hall–Kier alpha value is -2.29. The number of carbonyl (C=O) groups excluding carboxylic acids is 1. The van der Waals surface area contributed by atoms with E-state index in [2.05, 4.69) is 11.3 Å². The number of carbonyl (C=O) groups is 1. The molecule has 2 rings (SSSR count). The summed E-state index contributed by atoms with van der Waals surface area (Å²) >= 11 is 0. The number of fused-ring (bicyclic) bond motifs is 1. The monoisotopic (exact) mass is 242 g/mol. The normalized spacial score (nSPS) is 10.1. The Morgan fingerprint density at radius 2 is 1.94 bits per heavy atom. The van der Waals surface area contributed by atoms with E-state index in [1.165, 1.54) is 7.11 Å². The first-order valence-corrected chi connectivity index (χ1v) is 5.60. The molecule has 0 aromatic heterocycles. The van der Waals surface area contributed by atoms with Gasteiger partial charge in [0.1, 0.15) is 12.4 Å². The molecule has 3 heteroatoms. The third-order valence-electron chi connectivity index (χ3n) is 2.60. The van der Waals surface area contributed by atoms with E-state index in [0.29, 0.717) is 12.2 Å². The van der Waals surface area contributed by atoms with Crippen molar-refractivity contribution >= 4 is 16.7 Å². The number of hydrogen-bond acceptors (Lipinski definition) is 3. The van der Waals surface area contributed by atoms with Gasteiger partial charge in [0.15, 0.2) is 0 Å². The molecule has 0 aliphatic carbocycles. The molecular formula is C15H14O3. The van der Waals surface area contributed by atoms with Gasteiger partial charge in [-0.05, 0) is 35.0 Å². The lowest BCUT2D eigenvalue weighted by Gasteiger charge is -2.06. The number of ether oxygens (including phenoxy) is 2. The van der Waals surface area contributed by atoms with Gasteiger partial charge in [-0.1, -0.05) is 24.8 Å². The van der Waals surface area contributed by atoms with Crippen LogP contribution in [0.2, 0.25) is 0 Å². The average molecular weight is 242 g/mol. The van der Waals surface area contributed by atoms with Crippen LogP contribution in [0.3, 0.4) is 0 Å². The van der Waals surface area contributed by atoms with E-state index in [9.17, 15) is 4.79 Å². The van der Waals surface area contributed by atoms with E-state index < -0.39 is 0 Å². The molecule has 0 amide bonds. The molecule has 18 heavy (non-hydrogen) atoms. The molecule has 0 spiro atoms. The summed E-state index contributed by atoms with van der Waals surface area (Å²) in [4.78, 5) is 11.4. The minimum absolute atomic E-state index is 0.330. The predicted octanol–water partition coefficient (Wildman–Crippen LogP) is 3.19. The largest absolute Gasteiger partial charge is 0.490 e. The molecule has 0 N–H and O–H groups in total. The third-order valence-corrected chi connectivity index (χ3v) is 2.60. The topological polar surface area (TPSA) is 35.5 Å². The summed E-state index contributed by atoms with van der Waals surface area (Å²) in [5.41, 5.74) is 0.546. The molecule has 0 bridgehead atoms. The molecule has 0 saturated carbocycles. The summed E-state index contributed by atoms with van der Waals surface area (Å²) in [6.07, 6.45) is 1.70. The van der Waals surface area contributed by atoms with Gasteiger partial charge in [0.2, 0.25) is 0 Å². The Balaban J connectivity index is 2.35. The summed E-state index contributed by atoms with van der Waals surface area (Å²) in [5.74, 6) is 0.456. The van der Waals surface area contributed by atoms with Crippen LogP contribution in [0.4, 0.5) is 0 Å². The van der Waals surface area contributed by atoms with Crippen molar-refractivity contribution in [3.63, 3.8) is 0 Å². The Morgan fingerprint density at radius 1 is 1.22 bits per heavy atom. The van der Waals surface area contributed by atoms with Crippen LogP contribution >= 0.6 is 0 Å². The Bertz CT molecular complexity index is 587. The van der Waals surface area contributed by atoms with Gasteiger partial charge in [0.05, 0.1) is 12.7 Å². The number of hydrogen-bond donors (Lipinski definition) is 0. The zero-order valence-corrected chi connectivity index (χ0v) is 10.2. The van der Waals surface area contributed by atoms with Crippen molar-refractivity contribution < 1.29 is 14.3 Å². The standard InChI is InChI=1S/C15H14O3/c1-3-8-18-14-7-6-11-9-13(15(16)17-2)5-4-12(11)10-14/h3-7,9-10H,1,8H2,2H3. The number of rotatable bonds is 4. The molecule has 3 nitrogen and oxygen atoms in total. The highest BCUT2D eigenvalue weighted by Gasteiger charge is 2.06. The van der Waals surface area contributed by atoms with Crippen LogP contribution in [-0.4, -0.2) is 19.7 Å². The fourth-order valence-corrected chi connectivity index (χ4v) is 1.71. The highest BCUT2D eigenvalue weighted by Crippen LogP contribution is 2.22. The number of benzene rings is 2. The van der Waals surface area contributed by atoms with E-state index in [1.807, 2.05) is 24.3 Å². The van der Waals surface area contributed by atoms with Gasteiger partial charge in [0.25, 0.3) is 0 Å². The second kappa shape index (κ2) is 5.36. The fourth-order valence-electron chi connectivity index (χ4n) is 1.71. The Morgan fingerprint density at radius 3 is 2.67 bits per heavy atom. The summed E-state index contributed by atoms with van der Waals surface area (Å²) in [6, 6.07) is 11.1. The van der Waals surface area contributed by atoms with Crippen LogP contribution in [0, 0.1) is 0 Å². The van der Waals surface area contributed by atoms with Crippen LogP contribution in [0.15, 0.2) is 49.1 Å². The maximum atomic E-state index is 11.4. The maximum Gasteiger partial charge on any atom is 0.337 e. The third kappa shape index (κ3) is 2.51. The van der Waals surface area contributed by atoms with Gasteiger partial charge in [-0.3, -0.25) is 0 Å². The van der Waals surface area contributed by atoms with Crippen molar-refractivity contribution in [1.29, 1.82) is 0 Å². The van der Waals surface area contributed by atoms with Gasteiger partial charge in [0, 0.05) is 0 Å². The lowest BCUT2D eigenvalue weighted by Crippen LogP contribution is -2.00. The van der Waals surface area contributed by atoms with Crippen molar-refractivity contribution in [3.8, 4) is 5.75 Å². The minimum Gasteiger partial charge on any atom is -0.490 e. The second-order valence-corrected chi connectivity index (χ2v) is 3.81. The molecular weight excluding hydrogens is 228 g/mol. The summed E-state index contributed by atoms with van der Waals surface area (Å²) in [6.45, 7) is 4.08. The molecule has 0 saturated heterocycles. The van der Waals surface area contributed by atoms with E-state index >= 15 is 0 Å². The van der Waals surface area contributed by atoms with Crippen molar-refractivity contribution in [3.05, 3.63) is 54.6 Å². The van der Waals surface area contributed by atoms with E-state index in [-0.39, 0.29) is 5.97 Å². The van der Waals surface area contributed by atoms with Crippen molar-refractivity contribution in [1.82, 2.24) is 0 Å². The van der Waals surface area contributed by atoms with Gasteiger partial charge >= 0.3 is 5.97 Å². The quantitative estimate of drug-likeness (QED) is 0.610. The second-order valence-electron chi connectivity index (χ2n) is 3.81. The van der Waals surface area contributed by atoms with Gasteiger partial charge in [-0.15, -0.1) is 0 Å². The molecule has 0 heterocycles. The van der Waals surface area contributed by atoms with Crippen molar-refractivity contribution in [2.24, 2.45) is 0 Å². The fraction of sp³-hybridized carbons (Fsp3) is 0.133. The summed E-state index contributed by atoms with van der Waals surface area (Å²) in [5, 5.41) is 1.99. The first-order chi connectivity index (χ1) is 8.74. The van der Waals surface area contributed by atoms with Crippen molar-refractivity contribution in [2.45, 2.75) is 0 Å². The zero-order valence-electron chi connectivity index (χ0n) is 10.2. The zero-order chi connectivity index (χ0) is 13.0. The first kappa shape index (κ1) is 12.2. The molecule has 0 unspecified atom stereocenters. The highest BCUT2D eigenvalue weighted by atomic mass is 16.5. The Kier molecular flexibility index (Phi) is 3.63. The van der Waals surface area contributed by atoms with Gasteiger partial charge in [-0.25, -0.2) is 4.79 Å². The molecule has 2 aromatic rings. The predicted molar refractivity (Wildman–Crippen MR) is 71.0 cm³/mol. The van der Waals surface area contributed by atoms with Crippen LogP contribution < -0.4 is 4.74 Å². The average Bonchev–Trinajstić information content (AvgIpc) is 2.43. The molecule has 0 fully saturated rings. The minimum atomic E-state index is -0.330. The lowest BCUT2D eigenvalue weighted by molar-refractivity contribution is 0.0601. The van der Waals surface area contributed by atoms with Gasteiger partial charge in [-0.2, -0.15) is 0 Å². The van der Waals surface area contributed by atoms with E-state index in [1.54, 1.807) is 18.2 Å². The van der Waals surface area contributed by atoms with Gasteiger partial charge < -0.3 is 9.47 Å². The lowest BCUT2D eigenvalue weighted by atomic mass is 10.1. The molecule has 0 radical (unpaired) electrons. The van der Waals surface area contributed by atoms with Crippen LogP contribution in [-0.2, 0) is 4.74 Å². The summed E-state index contributed by atoms with van der Waals surface area (Å²) < 4.78 is 10.1.